The maximum atomic E-state index is 6.20. The van der Waals surface area contributed by atoms with Crippen molar-refractivity contribution in [2.24, 2.45) is 4.99 Å². The Balaban J connectivity index is 1.78. The Morgan fingerprint density at radius 3 is 2.48 bits per heavy atom. The van der Waals surface area contributed by atoms with E-state index in [0.717, 1.165) is 22.4 Å². The van der Waals surface area contributed by atoms with Crippen molar-refractivity contribution in [3.63, 3.8) is 0 Å². The Labute approximate surface area is 165 Å². The Morgan fingerprint density at radius 2 is 1.70 bits per heavy atom. The minimum atomic E-state index is 0.385. The molecule has 3 nitrogen and oxygen atoms in total. The second-order valence-electron chi connectivity index (χ2n) is 6.06. The van der Waals surface area contributed by atoms with Crippen LogP contribution in [0.4, 0.5) is 5.69 Å². The largest absolute Gasteiger partial charge is 0.490 e. The number of aryl methyl sites for hydroxylation is 1. The predicted octanol–water partition coefficient (Wildman–Crippen LogP) is 6.38. The minimum absolute atomic E-state index is 0.385. The highest BCUT2D eigenvalue weighted by Gasteiger charge is 2.08. The van der Waals surface area contributed by atoms with Gasteiger partial charge in [0.1, 0.15) is 6.61 Å². The molecule has 0 atom stereocenters. The van der Waals surface area contributed by atoms with Gasteiger partial charge in [-0.25, -0.2) is 0 Å². The Hall–Kier alpha value is -2.78. The molecule has 0 saturated heterocycles. The van der Waals surface area contributed by atoms with E-state index >= 15 is 0 Å². The quantitative estimate of drug-likeness (QED) is 0.446. The zero-order valence-corrected chi connectivity index (χ0v) is 16.2. The molecule has 3 aromatic rings. The molecule has 0 amide bonds. The Bertz CT molecular complexity index is 937. The van der Waals surface area contributed by atoms with Crippen molar-refractivity contribution >= 4 is 23.5 Å². The molecule has 0 aliphatic rings. The lowest BCUT2D eigenvalue weighted by molar-refractivity contribution is 0.269. The smallest absolute Gasteiger partial charge is 0.161 e. The van der Waals surface area contributed by atoms with Crippen LogP contribution in [-0.2, 0) is 6.61 Å². The Kier molecular flexibility index (Phi) is 6.50. The van der Waals surface area contributed by atoms with Crippen molar-refractivity contribution < 1.29 is 9.47 Å². The highest BCUT2D eigenvalue weighted by Crippen LogP contribution is 2.30. The first kappa shape index (κ1) is 19.0. The molecule has 0 aromatic heterocycles. The average molecular weight is 380 g/mol. The van der Waals surface area contributed by atoms with E-state index in [1.54, 1.807) is 0 Å². The summed E-state index contributed by atoms with van der Waals surface area (Å²) in [6.07, 6.45) is 1.84. The highest BCUT2D eigenvalue weighted by molar-refractivity contribution is 6.31. The van der Waals surface area contributed by atoms with Crippen LogP contribution < -0.4 is 9.47 Å². The van der Waals surface area contributed by atoms with Crippen LogP contribution in [-0.4, -0.2) is 12.8 Å². The molecule has 0 spiro atoms. The minimum Gasteiger partial charge on any atom is -0.490 e. The summed E-state index contributed by atoms with van der Waals surface area (Å²) in [5, 5.41) is 0.692. The van der Waals surface area contributed by atoms with Gasteiger partial charge in [-0.2, -0.15) is 0 Å². The molecule has 4 heteroatoms. The molecular weight excluding hydrogens is 358 g/mol. The monoisotopic (exact) mass is 379 g/mol. The van der Waals surface area contributed by atoms with E-state index in [0.29, 0.717) is 29.7 Å². The molecule has 138 valence electrons. The maximum Gasteiger partial charge on any atom is 0.161 e. The van der Waals surface area contributed by atoms with E-state index in [-0.39, 0.29) is 0 Å². The number of para-hydroxylation sites is 1. The van der Waals surface area contributed by atoms with Gasteiger partial charge < -0.3 is 9.47 Å². The zero-order chi connectivity index (χ0) is 19.1. The molecule has 0 aliphatic carbocycles. The van der Waals surface area contributed by atoms with Gasteiger partial charge in [-0.15, -0.1) is 0 Å². The average Bonchev–Trinajstić information content (AvgIpc) is 2.68. The fourth-order valence-electron chi connectivity index (χ4n) is 2.62. The van der Waals surface area contributed by atoms with Gasteiger partial charge in [-0.05, 0) is 55.3 Å². The lowest BCUT2D eigenvalue weighted by Gasteiger charge is -2.13. The van der Waals surface area contributed by atoms with E-state index in [9.17, 15) is 0 Å². The maximum absolute atomic E-state index is 6.20. The molecule has 0 fully saturated rings. The summed E-state index contributed by atoms with van der Waals surface area (Å²) in [6.45, 7) is 4.94. The first-order valence-electron chi connectivity index (χ1n) is 8.90. The third kappa shape index (κ3) is 5.11. The van der Waals surface area contributed by atoms with Gasteiger partial charge in [0.15, 0.2) is 11.5 Å². The van der Waals surface area contributed by atoms with Gasteiger partial charge in [0.2, 0.25) is 0 Å². The fraction of sp³-hybridized carbons (Fsp3) is 0.174. The van der Waals surface area contributed by atoms with Crippen LogP contribution in [0.5, 0.6) is 11.5 Å². The lowest BCUT2D eigenvalue weighted by Crippen LogP contribution is -2.01. The van der Waals surface area contributed by atoms with Crippen molar-refractivity contribution in [3.8, 4) is 11.5 Å². The third-order valence-corrected chi connectivity index (χ3v) is 4.45. The van der Waals surface area contributed by atoms with Crippen LogP contribution in [0.15, 0.2) is 71.7 Å². The second-order valence-corrected chi connectivity index (χ2v) is 6.47. The van der Waals surface area contributed by atoms with Crippen molar-refractivity contribution in [2.75, 3.05) is 6.61 Å². The number of aliphatic imine (C=N–C) groups is 1. The van der Waals surface area contributed by atoms with Crippen LogP contribution in [0, 0.1) is 6.92 Å². The molecule has 0 saturated carbocycles. The van der Waals surface area contributed by atoms with Crippen molar-refractivity contribution in [3.05, 3.63) is 88.4 Å². The third-order valence-electron chi connectivity index (χ3n) is 4.08. The van der Waals surface area contributed by atoms with Crippen molar-refractivity contribution in [1.82, 2.24) is 0 Å². The molecule has 0 N–H and O–H groups in total. The summed E-state index contributed by atoms with van der Waals surface area (Å²) >= 11 is 6.20. The zero-order valence-electron chi connectivity index (χ0n) is 15.5. The summed E-state index contributed by atoms with van der Waals surface area (Å²) in [4.78, 5) is 4.57. The van der Waals surface area contributed by atoms with Crippen molar-refractivity contribution in [2.45, 2.75) is 20.5 Å². The molecule has 0 bridgehead atoms. The first-order valence-corrected chi connectivity index (χ1v) is 9.28. The van der Waals surface area contributed by atoms with E-state index < -0.39 is 0 Å². The molecule has 3 aromatic carbocycles. The SMILES string of the molecule is CCOc1cc(C=Nc2ccccc2C)ccc1OCc1ccccc1Cl. The van der Waals surface area contributed by atoms with Gasteiger partial charge in [0, 0.05) is 16.8 Å². The van der Waals surface area contributed by atoms with Gasteiger partial charge >= 0.3 is 0 Å². The Morgan fingerprint density at radius 1 is 0.926 bits per heavy atom. The van der Waals surface area contributed by atoms with Gasteiger partial charge in [-0.3, -0.25) is 4.99 Å². The van der Waals surface area contributed by atoms with E-state index in [2.05, 4.69) is 4.99 Å². The van der Waals surface area contributed by atoms with Gasteiger partial charge in [0.25, 0.3) is 0 Å². The lowest BCUT2D eigenvalue weighted by atomic mass is 10.2. The van der Waals surface area contributed by atoms with Crippen LogP contribution in [0.2, 0.25) is 5.02 Å². The summed E-state index contributed by atoms with van der Waals surface area (Å²) in [5.41, 5.74) is 3.98. The van der Waals surface area contributed by atoms with Gasteiger partial charge in [-0.1, -0.05) is 48.0 Å². The van der Waals surface area contributed by atoms with Crippen LogP contribution in [0.25, 0.3) is 0 Å². The summed E-state index contributed by atoms with van der Waals surface area (Å²) < 4.78 is 11.7. The summed E-state index contributed by atoms with van der Waals surface area (Å²) in [6, 6.07) is 21.5. The number of halogens is 1. The number of hydrogen-bond acceptors (Lipinski definition) is 3. The topological polar surface area (TPSA) is 30.8 Å². The number of nitrogens with zero attached hydrogens (tertiary/aromatic N) is 1. The van der Waals surface area contributed by atoms with Gasteiger partial charge in [0.05, 0.1) is 12.3 Å². The number of rotatable bonds is 7. The molecular formula is C23H22ClNO2. The normalized spacial score (nSPS) is 10.9. The second kappa shape index (κ2) is 9.24. The van der Waals surface area contributed by atoms with Crippen LogP contribution in [0.1, 0.15) is 23.6 Å². The van der Waals surface area contributed by atoms with Crippen LogP contribution >= 0.6 is 11.6 Å². The molecule has 0 heterocycles. The van der Waals surface area contributed by atoms with Crippen LogP contribution in [0.3, 0.4) is 0 Å². The fourth-order valence-corrected chi connectivity index (χ4v) is 2.81. The van der Waals surface area contributed by atoms with Crippen molar-refractivity contribution in [1.29, 1.82) is 0 Å². The van der Waals surface area contributed by atoms with E-state index in [1.165, 1.54) is 0 Å². The molecule has 0 aliphatic heterocycles. The number of ether oxygens (including phenoxy) is 2. The predicted molar refractivity (Wildman–Crippen MR) is 112 cm³/mol. The molecule has 0 radical (unpaired) electrons. The standard InChI is InChI=1S/C23H22ClNO2/c1-3-26-23-14-18(15-25-21-11-7-4-8-17(21)2)12-13-22(23)27-16-19-9-5-6-10-20(19)24/h4-15H,3,16H2,1-2H3. The number of hydrogen-bond donors (Lipinski definition) is 0. The summed E-state index contributed by atoms with van der Waals surface area (Å²) in [5.74, 6) is 1.38. The highest BCUT2D eigenvalue weighted by atomic mass is 35.5. The summed E-state index contributed by atoms with van der Waals surface area (Å²) in [7, 11) is 0. The number of benzene rings is 3. The molecule has 3 rings (SSSR count). The van der Waals surface area contributed by atoms with E-state index in [1.807, 2.05) is 86.8 Å². The molecule has 0 unspecified atom stereocenters. The van der Waals surface area contributed by atoms with E-state index in [4.69, 9.17) is 21.1 Å². The molecule has 27 heavy (non-hydrogen) atoms. The first-order chi connectivity index (χ1) is 13.2.